The number of likely N-dealkylation sites (tertiary alicyclic amines) is 1. The summed E-state index contributed by atoms with van der Waals surface area (Å²) in [7, 11) is -3.78. The molecule has 1 aromatic rings. The molecule has 21 heavy (non-hydrogen) atoms. The average molecular weight is 377 g/mol. The average Bonchev–Trinajstić information content (AvgIpc) is 3.15. The summed E-state index contributed by atoms with van der Waals surface area (Å²) < 4.78 is 41.2. The normalized spacial score (nSPS) is 23.6. The van der Waals surface area contributed by atoms with Crippen LogP contribution in [0.3, 0.4) is 0 Å². The molecule has 7 heteroatoms. The van der Waals surface area contributed by atoms with Gasteiger partial charge in [0.05, 0.1) is 0 Å². The zero-order valence-electron chi connectivity index (χ0n) is 11.6. The largest absolute Gasteiger partial charge is 0.300 e. The van der Waals surface area contributed by atoms with E-state index >= 15 is 0 Å². The van der Waals surface area contributed by atoms with Crippen molar-refractivity contribution in [1.82, 2.24) is 9.62 Å². The minimum Gasteiger partial charge on any atom is -0.300 e. The molecule has 4 nitrogen and oxygen atoms in total. The molecule has 1 N–H and O–H groups in total. The Morgan fingerprint density at radius 2 is 2.10 bits per heavy atom. The van der Waals surface area contributed by atoms with E-state index in [4.69, 9.17) is 0 Å². The Balaban J connectivity index is 1.61. The summed E-state index contributed by atoms with van der Waals surface area (Å²) in [6, 6.07) is 4.70. The first-order chi connectivity index (χ1) is 9.95. The molecule has 1 aromatic carbocycles. The van der Waals surface area contributed by atoms with Crippen LogP contribution in [0.15, 0.2) is 27.6 Å². The van der Waals surface area contributed by atoms with Crippen molar-refractivity contribution in [3.63, 3.8) is 0 Å². The standard InChI is InChI=1S/C14H18BrFN2O2S/c15-11-1-4-14(13(16)7-11)21(19,20)17-8-10-5-6-18(9-10)12-2-3-12/h1,4,7,10,12,17H,2-3,5-6,8-9H2. The van der Waals surface area contributed by atoms with Crippen LogP contribution in [-0.4, -0.2) is 39.0 Å². The molecule has 1 aliphatic heterocycles. The van der Waals surface area contributed by atoms with Crippen LogP contribution in [0.5, 0.6) is 0 Å². The monoisotopic (exact) mass is 376 g/mol. The molecular weight excluding hydrogens is 359 g/mol. The van der Waals surface area contributed by atoms with E-state index in [1.165, 1.54) is 31.0 Å². The summed E-state index contributed by atoms with van der Waals surface area (Å²) >= 11 is 3.12. The lowest BCUT2D eigenvalue weighted by molar-refractivity contribution is 0.314. The molecule has 1 saturated carbocycles. The molecule has 116 valence electrons. The Hall–Kier alpha value is -0.500. The lowest BCUT2D eigenvalue weighted by atomic mass is 10.1. The number of sulfonamides is 1. The van der Waals surface area contributed by atoms with Crippen molar-refractivity contribution in [3.8, 4) is 0 Å². The van der Waals surface area contributed by atoms with Gasteiger partial charge in [0.15, 0.2) is 0 Å². The van der Waals surface area contributed by atoms with E-state index in [1.54, 1.807) is 0 Å². The van der Waals surface area contributed by atoms with Gasteiger partial charge in [-0.25, -0.2) is 17.5 Å². The number of benzene rings is 1. The molecule has 1 saturated heterocycles. The van der Waals surface area contributed by atoms with E-state index < -0.39 is 15.8 Å². The van der Waals surface area contributed by atoms with E-state index in [9.17, 15) is 12.8 Å². The van der Waals surface area contributed by atoms with Gasteiger partial charge in [0.25, 0.3) is 0 Å². The second-order valence-electron chi connectivity index (χ2n) is 5.81. The van der Waals surface area contributed by atoms with Gasteiger partial charge in [-0.3, -0.25) is 0 Å². The molecule has 0 amide bonds. The van der Waals surface area contributed by atoms with Crippen molar-refractivity contribution < 1.29 is 12.8 Å². The van der Waals surface area contributed by atoms with Crippen LogP contribution in [0.4, 0.5) is 4.39 Å². The van der Waals surface area contributed by atoms with Gasteiger partial charge in [0, 0.05) is 23.6 Å². The van der Waals surface area contributed by atoms with Gasteiger partial charge in [0.1, 0.15) is 10.7 Å². The summed E-state index contributed by atoms with van der Waals surface area (Å²) in [4.78, 5) is 2.14. The van der Waals surface area contributed by atoms with Crippen LogP contribution in [0.25, 0.3) is 0 Å². The van der Waals surface area contributed by atoms with Gasteiger partial charge in [-0.15, -0.1) is 0 Å². The number of nitrogens with one attached hydrogen (secondary N) is 1. The van der Waals surface area contributed by atoms with Crippen molar-refractivity contribution in [2.75, 3.05) is 19.6 Å². The predicted molar refractivity (Wildman–Crippen MR) is 82.0 cm³/mol. The van der Waals surface area contributed by atoms with E-state index in [-0.39, 0.29) is 4.90 Å². The molecule has 1 unspecified atom stereocenters. The molecule has 2 fully saturated rings. The van der Waals surface area contributed by atoms with Crippen LogP contribution in [-0.2, 0) is 10.0 Å². The first-order valence-electron chi connectivity index (χ1n) is 7.14. The van der Waals surface area contributed by atoms with Gasteiger partial charge in [0.2, 0.25) is 10.0 Å². The molecule has 2 aliphatic rings. The smallest absolute Gasteiger partial charge is 0.243 e. The highest BCUT2D eigenvalue weighted by Crippen LogP contribution is 2.31. The lowest BCUT2D eigenvalue weighted by Crippen LogP contribution is -2.32. The summed E-state index contributed by atoms with van der Waals surface area (Å²) in [6.07, 6.45) is 3.53. The molecule has 0 bridgehead atoms. The minimum atomic E-state index is -3.78. The van der Waals surface area contributed by atoms with E-state index in [2.05, 4.69) is 25.6 Å². The number of rotatable bonds is 5. The van der Waals surface area contributed by atoms with Crippen molar-refractivity contribution in [1.29, 1.82) is 0 Å². The van der Waals surface area contributed by atoms with Crippen LogP contribution in [0.1, 0.15) is 19.3 Å². The van der Waals surface area contributed by atoms with Crippen molar-refractivity contribution in [2.24, 2.45) is 5.92 Å². The van der Waals surface area contributed by atoms with E-state index in [0.29, 0.717) is 16.9 Å². The lowest BCUT2D eigenvalue weighted by Gasteiger charge is -2.15. The summed E-state index contributed by atoms with van der Waals surface area (Å²) in [6.45, 7) is 2.36. The predicted octanol–water partition coefficient (Wildman–Crippen LogP) is 2.35. The maximum absolute atomic E-state index is 13.8. The van der Waals surface area contributed by atoms with Gasteiger partial charge in [-0.05, 0) is 49.9 Å². The zero-order valence-corrected chi connectivity index (χ0v) is 14.0. The first-order valence-corrected chi connectivity index (χ1v) is 9.42. The van der Waals surface area contributed by atoms with Crippen molar-refractivity contribution >= 4 is 26.0 Å². The SMILES string of the molecule is O=S(=O)(NCC1CCN(C2CC2)C1)c1ccc(Br)cc1F. The molecule has 1 aliphatic carbocycles. The highest BCUT2D eigenvalue weighted by atomic mass is 79.9. The summed E-state index contributed by atoms with van der Waals surface area (Å²) in [5.74, 6) is -0.415. The number of hydrogen-bond donors (Lipinski definition) is 1. The quantitative estimate of drug-likeness (QED) is 0.857. The Morgan fingerprint density at radius 1 is 1.33 bits per heavy atom. The van der Waals surface area contributed by atoms with Crippen LogP contribution in [0.2, 0.25) is 0 Å². The summed E-state index contributed by atoms with van der Waals surface area (Å²) in [5, 5.41) is 0. The molecule has 0 radical (unpaired) electrons. The zero-order chi connectivity index (χ0) is 15.0. The van der Waals surface area contributed by atoms with Gasteiger partial charge < -0.3 is 4.90 Å². The highest BCUT2D eigenvalue weighted by molar-refractivity contribution is 9.10. The topological polar surface area (TPSA) is 49.4 Å². The van der Waals surface area contributed by atoms with Crippen molar-refractivity contribution in [3.05, 3.63) is 28.5 Å². The Labute approximate surface area is 132 Å². The van der Waals surface area contributed by atoms with Gasteiger partial charge >= 0.3 is 0 Å². The summed E-state index contributed by atoms with van der Waals surface area (Å²) in [5.41, 5.74) is 0. The fraction of sp³-hybridized carbons (Fsp3) is 0.571. The highest BCUT2D eigenvalue weighted by Gasteiger charge is 2.34. The number of nitrogens with zero attached hydrogens (tertiary/aromatic N) is 1. The number of halogens is 2. The molecule has 0 spiro atoms. The van der Waals surface area contributed by atoms with E-state index in [1.807, 2.05) is 0 Å². The van der Waals surface area contributed by atoms with Gasteiger partial charge in [-0.2, -0.15) is 0 Å². The Morgan fingerprint density at radius 3 is 2.76 bits per heavy atom. The van der Waals surface area contributed by atoms with Crippen LogP contribution in [0, 0.1) is 11.7 Å². The van der Waals surface area contributed by atoms with Crippen LogP contribution >= 0.6 is 15.9 Å². The van der Waals surface area contributed by atoms with Crippen LogP contribution < -0.4 is 4.72 Å². The fourth-order valence-corrected chi connectivity index (χ4v) is 4.31. The van der Waals surface area contributed by atoms with E-state index in [0.717, 1.165) is 25.6 Å². The van der Waals surface area contributed by atoms with Crippen molar-refractivity contribution in [2.45, 2.75) is 30.2 Å². The number of hydrogen-bond acceptors (Lipinski definition) is 3. The Kier molecular flexibility index (Phi) is 4.36. The maximum Gasteiger partial charge on any atom is 0.243 e. The molecule has 1 atom stereocenters. The second-order valence-corrected chi connectivity index (χ2v) is 8.46. The molecule has 3 rings (SSSR count). The third kappa shape index (κ3) is 3.64. The molecule has 1 heterocycles. The Bertz CT molecular complexity index is 634. The maximum atomic E-state index is 13.8. The fourth-order valence-electron chi connectivity index (χ4n) is 2.80. The minimum absolute atomic E-state index is 0.289. The third-order valence-electron chi connectivity index (χ3n) is 4.13. The second kappa shape index (κ2) is 5.95. The van der Waals surface area contributed by atoms with Gasteiger partial charge in [-0.1, -0.05) is 15.9 Å². The molecular formula is C14H18BrFN2O2S. The first kappa shape index (κ1) is 15.4. The molecule has 0 aromatic heterocycles. The third-order valence-corrected chi connectivity index (χ3v) is 6.08.